The predicted molar refractivity (Wildman–Crippen MR) is 62.1 cm³/mol. The lowest BCUT2D eigenvalue weighted by molar-refractivity contribution is -0.138. The third-order valence-electron chi connectivity index (χ3n) is 2.78. The van der Waals surface area contributed by atoms with Crippen LogP contribution in [0.4, 0.5) is 0 Å². The number of nitrogens with one attached hydrogen (secondary N) is 1. The molecule has 2 N–H and O–H groups in total. The number of aromatic nitrogens is 1. The van der Waals surface area contributed by atoms with Crippen LogP contribution in [0.5, 0.6) is 0 Å². The lowest BCUT2D eigenvalue weighted by Gasteiger charge is -2.23. The van der Waals surface area contributed by atoms with E-state index in [9.17, 15) is 9.59 Å². The minimum absolute atomic E-state index is 0.0146. The number of oxazole rings is 1. The Morgan fingerprint density at radius 3 is 2.82 bits per heavy atom. The van der Waals surface area contributed by atoms with Crippen LogP contribution in [-0.4, -0.2) is 16.1 Å². The van der Waals surface area contributed by atoms with Gasteiger partial charge in [0.25, 0.3) is 0 Å². The molecule has 1 aromatic carbocycles. The van der Waals surface area contributed by atoms with Crippen LogP contribution in [0.3, 0.4) is 0 Å². The summed E-state index contributed by atoms with van der Waals surface area (Å²) in [7, 11) is 0. The molecule has 0 aliphatic rings. The van der Waals surface area contributed by atoms with Gasteiger partial charge in [0.2, 0.25) is 0 Å². The molecule has 0 aliphatic heterocycles. The van der Waals surface area contributed by atoms with E-state index < -0.39 is 17.1 Å². The zero-order chi connectivity index (χ0) is 12.6. The first-order valence-corrected chi connectivity index (χ1v) is 5.24. The van der Waals surface area contributed by atoms with Gasteiger partial charge in [-0.05, 0) is 11.6 Å². The van der Waals surface area contributed by atoms with E-state index in [1.165, 1.54) is 0 Å². The number of para-hydroxylation sites is 1. The van der Waals surface area contributed by atoms with Crippen LogP contribution >= 0.6 is 0 Å². The number of rotatable bonds is 3. The molecule has 0 saturated carbocycles. The zero-order valence-electron chi connectivity index (χ0n) is 9.61. The molecule has 0 aliphatic carbocycles. The smallest absolute Gasteiger partial charge is 0.417 e. The summed E-state index contributed by atoms with van der Waals surface area (Å²) in [6, 6.07) is 5.22. The fourth-order valence-electron chi connectivity index (χ4n) is 2.01. The number of hydrogen-bond donors (Lipinski definition) is 2. The van der Waals surface area contributed by atoms with Crippen LogP contribution in [-0.2, 0) is 10.2 Å². The second-order valence-corrected chi connectivity index (χ2v) is 4.65. The van der Waals surface area contributed by atoms with Gasteiger partial charge in [0.15, 0.2) is 5.58 Å². The molecule has 0 fully saturated rings. The number of H-pyrrole nitrogens is 1. The Morgan fingerprint density at radius 1 is 1.47 bits per heavy atom. The number of benzene rings is 1. The molecule has 1 aromatic heterocycles. The van der Waals surface area contributed by atoms with Crippen LogP contribution < -0.4 is 5.76 Å². The molecule has 17 heavy (non-hydrogen) atoms. The summed E-state index contributed by atoms with van der Waals surface area (Å²) in [5.41, 5.74) is 1.22. The molecular weight excluding hydrogens is 222 g/mol. The van der Waals surface area contributed by atoms with E-state index in [2.05, 4.69) is 4.98 Å². The molecule has 1 heterocycles. The highest BCUT2D eigenvalue weighted by Crippen LogP contribution is 2.31. The highest BCUT2D eigenvalue weighted by atomic mass is 16.4. The summed E-state index contributed by atoms with van der Waals surface area (Å²) in [5.74, 6) is -1.41. The van der Waals surface area contributed by atoms with Gasteiger partial charge >= 0.3 is 11.7 Å². The van der Waals surface area contributed by atoms with Crippen LogP contribution in [0.2, 0.25) is 0 Å². The van der Waals surface area contributed by atoms with E-state index in [0.29, 0.717) is 11.1 Å². The standard InChI is InChI=1S/C12H13NO4/c1-12(2,6-9(14)15)7-4-3-5-8-10(7)13-11(16)17-8/h3-5H,6H2,1-2H3,(H,13,16)(H,14,15). The van der Waals surface area contributed by atoms with Crippen molar-refractivity contribution >= 4 is 17.1 Å². The molecule has 2 aromatic rings. The van der Waals surface area contributed by atoms with Gasteiger partial charge in [-0.15, -0.1) is 0 Å². The van der Waals surface area contributed by atoms with Gasteiger partial charge in [-0.2, -0.15) is 0 Å². The molecule has 90 valence electrons. The Bertz CT molecular complexity index is 621. The number of carbonyl (C=O) groups is 1. The van der Waals surface area contributed by atoms with Crippen LogP contribution in [0.1, 0.15) is 25.8 Å². The van der Waals surface area contributed by atoms with E-state index in [1.807, 2.05) is 13.8 Å². The second-order valence-electron chi connectivity index (χ2n) is 4.65. The van der Waals surface area contributed by atoms with Crippen LogP contribution in [0, 0.1) is 0 Å². The normalized spacial score (nSPS) is 11.9. The van der Waals surface area contributed by atoms with Crippen LogP contribution in [0.25, 0.3) is 11.1 Å². The molecule has 0 atom stereocenters. The molecule has 0 bridgehead atoms. The Kier molecular flexibility index (Phi) is 2.53. The molecule has 5 nitrogen and oxygen atoms in total. The minimum atomic E-state index is -0.877. The van der Waals surface area contributed by atoms with Gasteiger partial charge in [0, 0.05) is 5.41 Å². The summed E-state index contributed by atoms with van der Waals surface area (Å²) < 4.78 is 4.95. The topological polar surface area (TPSA) is 83.3 Å². The van der Waals surface area contributed by atoms with Crippen molar-refractivity contribution in [2.24, 2.45) is 0 Å². The SMILES string of the molecule is CC(C)(CC(=O)O)c1cccc2oc(=O)[nH]c12. The van der Waals surface area contributed by atoms with Crippen molar-refractivity contribution in [3.8, 4) is 0 Å². The van der Waals surface area contributed by atoms with Crippen molar-refractivity contribution in [1.29, 1.82) is 0 Å². The van der Waals surface area contributed by atoms with Gasteiger partial charge in [-0.25, -0.2) is 4.79 Å². The molecule has 0 radical (unpaired) electrons. The highest BCUT2D eigenvalue weighted by Gasteiger charge is 2.27. The molecule has 0 spiro atoms. The summed E-state index contributed by atoms with van der Waals surface area (Å²) in [6.45, 7) is 3.64. The number of carboxylic acid groups (broad SMARTS) is 1. The number of aliphatic carboxylic acids is 1. The maximum Gasteiger partial charge on any atom is 0.417 e. The molecule has 0 amide bonds. The Hall–Kier alpha value is -2.04. The van der Waals surface area contributed by atoms with Gasteiger partial charge in [0.1, 0.15) is 0 Å². The zero-order valence-corrected chi connectivity index (χ0v) is 9.61. The monoisotopic (exact) mass is 235 g/mol. The Morgan fingerprint density at radius 2 is 2.18 bits per heavy atom. The number of hydrogen-bond acceptors (Lipinski definition) is 3. The first-order valence-electron chi connectivity index (χ1n) is 5.24. The summed E-state index contributed by atoms with van der Waals surface area (Å²) in [5, 5.41) is 8.89. The third kappa shape index (κ3) is 2.08. The van der Waals surface area contributed by atoms with Gasteiger partial charge in [-0.3, -0.25) is 9.78 Å². The predicted octanol–water partition coefficient (Wildman–Crippen LogP) is 1.87. The van der Waals surface area contributed by atoms with Crippen molar-refractivity contribution in [2.45, 2.75) is 25.7 Å². The fourth-order valence-corrected chi connectivity index (χ4v) is 2.01. The molecule has 2 rings (SSSR count). The first kappa shape index (κ1) is 11.4. The van der Waals surface area contributed by atoms with Crippen LogP contribution in [0.15, 0.2) is 27.4 Å². The average Bonchev–Trinajstić information content (AvgIpc) is 2.54. The van der Waals surface area contributed by atoms with Gasteiger partial charge in [-0.1, -0.05) is 26.0 Å². The largest absolute Gasteiger partial charge is 0.481 e. The Labute approximate surface area is 97.1 Å². The Balaban J connectivity index is 2.61. The molecule has 5 heteroatoms. The quantitative estimate of drug-likeness (QED) is 0.850. The third-order valence-corrected chi connectivity index (χ3v) is 2.78. The minimum Gasteiger partial charge on any atom is -0.481 e. The summed E-state index contributed by atoms with van der Waals surface area (Å²) >= 11 is 0. The van der Waals surface area contributed by atoms with Gasteiger partial charge in [0.05, 0.1) is 11.9 Å². The van der Waals surface area contributed by atoms with Gasteiger partial charge < -0.3 is 9.52 Å². The summed E-state index contributed by atoms with van der Waals surface area (Å²) in [4.78, 5) is 24.6. The maximum atomic E-state index is 11.2. The fraction of sp³-hybridized carbons (Fsp3) is 0.333. The lowest BCUT2D eigenvalue weighted by Crippen LogP contribution is -2.22. The highest BCUT2D eigenvalue weighted by molar-refractivity contribution is 5.79. The second kappa shape index (κ2) is 3.76. The van der Waals surface area contributed by atoms with Crippen molar-refractivity contribution in [3.63, 3.8) is 0 Å². The maximum absolute atomic E-state index is 11.2. The van der Waals surface area contributed by atoms with E-state index in [0.717, 1.165) is 5.56 Å². The lowest BCUT2D eigenvalue weighted by atomic mass is 9.81. The average molecular weight is 235 g/mol. The van der Waals surface area contributed by atoms with Crippen molar-refractivity contribution in [3.05, 3.63) is 34.3 Å². The van der Waals surface area contributed by atoms with Crippen molar-refractivity contribution in [1.82, 2.24) is 4.98 Å². The van der Waals surface area contributed by atoms with Crippen molar-refractivity contribution in [2.75, 3.05) is 0 Å². The molecule has 0 unspecified atom stereocenters. The van der Waals surface area contributed by atoms with E-state index in [-0.39, 0.29) is 6.42 Å². The van der Waals surface area contributed by atoms with Crippen molar-refractivity contribution < 1.29 is 14.3 Å². The number of fused-ring (bicyclic) bond motifs is 1. The molecule has 0 saturated heterocycles. The first-order chi connectivity index (χ1) is 7.90. The van der Waals surface area contributed by atoms with E-state index in [4.69, 9.17) is 9.52 Å². The molecular formula is C12H13NO4. The summed E-state index contributed by atoms with van der Waals surface area (Å²) in [6.07, 6.45) is -0.0146. The van der Waals surface area contributed by atoms with E-state index in [1.54, 1.807) is 18.2 Å². The van der Waals surface area contributed by atoms with E-state index >= 15 is 0 Å². The number of aromatic amines is 1. The number of carboxylic acids is 1.